The molecule has 110 valence electrons. The number of nitrogens with two attached hydrogens (primary N) is 1. The van der Waals surface area contributed by atoms with Crippen LogP contribution in [0.2, 0.25) is 0 Å². The zero-order valence-electron chi connectivity index (χ0n) is 11.1. The van der Waals surface area contributed by atoms with Crippen molar-refractivity contribution in [2.45, 2.75) is 31.2 Å². The van der Waals surface area contributed by atoms with Crippen LogP contribution in [0.3, 0.4) is 0 Å². The SMILES string of the molecule is CCCn1cc(S(=O)(=O)NCCc2ncn[nH]2)c(N)n1. The molecule has 0 radical (unpaired) electrons. The van der Waals surface area contributed by atoms with Crippen molar-refractivity contribution >= 4 is 15.8 Å². The topological polar surface area (TPSA) is 132 Å². The second-order valence-electron chi connectivity index (χ2n) is 4.22. The molecule has 2 heterocycles. The smallest absolute Gasteiger partial charge is 0.245 e. The minimum atomic E-state index is -3.66. The van der Waals surface area contributed by atoms with Gasteiger partial charge in [0.25, 0.3) is 0 Å². The zero-order chi connectivity index (χ0) is 14.6. The number of rotatable bonds is 7. The van der Waals surface area contributed by atoms with Crippen LogP contribution in [0.15, 0.2) is 17.4 Å². The van der Waals surface area contributed by atoms with Gasteiger partial charge >= 0.3 is 0 Å². The zero-order valence-corrected chi connectivity index (χ0v) is 11.9. The summed E-state index contributed by atoms with van der Waals surface area (Å²) in [4.78, 5) is 3.92. The molecule has 0 saturated carbocycles. The lowest BCUT2D eigenvalue weighted by Gasteiger charge is -2.03. The number of hydrogen-bond acceptors (Lipinski definition) is 6. The van der Waals surface area contributed by atoms with E-state index in [1.165, 1.54) is 17.2 Å². The average Bonchev–Trinajstić information content (AvgIpc) is 2.99. The Bertz CT molecular complexity index is 647. The normalized spacial score (nSPS) is 11.8. The van der Waals surface area contributed by atoms with E-state index in [-0.39, 0.29) is 17.3 Å². The Morgan fingerprint density at radius 2 is 2.30 bits per heavy atom. The van der Waals surface area contributed by atoms with E-state index in [9.17, 15) is 8.42 Å². The summed E-state index contributed by atoms with van der Waals surface area (Å²) in [7, 11) is -3.66. The number of H-pyrrole nitrogens is 1. The van der Waals surface area contributed by atoms with Gasteiger partial charge in [-0.1, -0.05) is 6.92 Å². The number of hydrogen-bond donors (Lipinski definition) is 3. The Balaban J connectivity index is 2.02. The van der Waals surface area contributed by atoms with Crippen LogP contribution in [0.25, 0.3) is 0 Å². The standard InChI is InChI=1S/C10H17N7O2S/c1-2-5-17-6-8(10(11)16-17)20(18,19)14-4-3-9-12-7-13-15-9/h6-7,14H,2-5H2,1H3,(H2,11,16)(H,12,13,15). The molecule has 0 amide bonds. The number of aromatic amines is 1. The van der Waals surface area contributed by atoms with E-state index in [4.69, 9.17) is 5.73 Å². The van der Waals surface area contributed by atoms with Gasteiger partial charge in [-0.05, 0) is 6.42 Å². The van der Waals surface area contributed by atoms with E-state index < -0.39 is 10.0 Å². The molecule has 0 bridgehead atoms. The van der Waals surface area contributed by atoms with Crippen molar-refractivity contribution in [1.29, 1.82) is 0 Å². The molecular formula is C10H17N7O2S. The Morgan fingerprint density at radius 1 is 1.50 bits per heavy atom. The Hall–Kier alpha value is -1.94. The van der Waals surface area contributed by atoms with Crippen LogP contribution < -0.4 is 10.5 Å². The van der Waals surface area contributed by atoms with Crippen LogP contribution in [-0.2, 0) is 23.0 Å². The molecule has 2 aromatic heterocycles. The van der Waals surface area contributed by atoms with Gasteiger partial charge < -0.3 is 5.73 Å². The van der Waals surface area contributed by atoms with E-state index in [2.05, 4.69) is 25.0 Å². The molecular weight excluding hydrogens is 282 g/mol. The molecule has 0 aliphatic heterocycles. The quantitative estimate of drug-likeness (QED) is 0.632. The maximum atomic E-state index is 12.1. The molecule has 0 aromatic carbocycles. The highest BCUT2D eigenvalue weighted by Gasteiger charge is 2.20. The third-order valence-electron chi connectivity index (χ3n) is 2.62. The molecule has 2 aromatic rings. The Labute approximate surface area is 116 Å². The first-order valence-corrected chi connectivity index (χ1v) is 7.68. The van der Waals surface area contributed by atoms with Gasteiger partial charge in [-0.2, -0.15) is 10.2 Å². The minimum Gasteiger partial charge on any atom is -0.381 e. The summed E-state index contributed by atoms with van der Waals surface area (Å²) in [5, 5.41) is 10.3. The van der Waals surface area contributed by atoms with E-state index in [0.29, 0.717) is 18.8 Å². The van der Waals surface area contributed by atoms with Gasteiger partial charge in [0.15, 0.2) is 5.82 Å². The minimum absolute atomic E-state index is 0.00326. The van der Waals surface area contributed by atoms with Gasteiger partial charge in [-0.25, -0.2) is 18.1 Å². The molecule has 2 rings (SSSR count). The fourth-order valence-electron chi connectivity index (χ4n) is 1.70. The first-order chi connectivity index (χ1) is 9.53. The van der Waals surface area contributed by atoms with Gasteiger partial charge in [0, 0.05) is 25.7 Å². The molecule has 0 atom stereocenters. The maximum absolute atomic E-state index is 12.1. The Kier molecular flexibility index (Phi) is 4.35. The van der Waals surface area contributed by atoms with Gasteiger partial charge in [0.05, 0.1) is 0 Å². The lowest BCUT2D eigenvalue weighted by molar-refractivity contribution is 0.579. The fourth-order valence-corrected chi connectivity index (χ4v) is 2.80. The van der Waals surface area contributed by atoms with Crippen LogP contribution in [0.1, 0.15) is 19.2 Å². The highest BCUT2D eigenvalue weighted by atomic mass is 32.2. The number of nitrogen functional groups attached to an aromatic ring is 1. The number of aromatic nitrogens is 5. The number of nitrogens with zero attached hydrogens (tertiary/aromatic N) is 4. The number of nitrogens with one attached hydrogen (secondary N) is 2. The molecule has 20 heavy (non-hydrogen) atoms. The summed E-state index contributed by atoms with van der Waals surface area (Å²) >= 11 is 0. The van der Waals surface area contributed by atoms with Crippen LogP contribution in [-0.4, -0.2) is 39.9 Å². The maximum Gasteiger partial charge on any atom is 0.245 e. The van der Waals surface area contributed by atoms with E-state index >= 15 is 0 Å². The van der Waals surface area contributed by atoms with Crippen molar-refractivity contribution in [3.8, 4) is 0 Å². The van der Waals surface area contributed by atoms with Gasteiger partial charge in [0.1, 0.15) is 17.0 Å². The fraction of sp³-hybridized carbons (Fsp3) is 0.500. The summed E-state index contributed by atoms with van der Waals surface area (Å²) in [5.41, 5.74) is 5.64. The highest BCUT2D eigenvalue weighted by molar-refractivity contribution is 7.89. The summed E-state index contributed by atoms with van der Waals surface area (Å²) in [6.07, 6.45) is 4.08. The van der Waals surface area contributed by atoms with E-state index in [0.717, 1.165) is 6.42 Å². The van der Waals surface area contributed by atoms with Crippen molar-refractivity contribution in [2.75, 3.05) is 12.3 Å². The monoisotopic (exact) mass is 299 g/mol. The van der Waals surface area contributed by atoms with Crippen LogP contribution in [0.5, 0.6) is 0 Å². The van der Waals surface area contributed by atoms with Crippen molar-refractivity contribution in [1.82, 2.24) is 29.7 Å². The van der Waals surface area contributed by atoms with Crippen molar-refractivity contribution in [3.63, 3.8) is 0 Å². The van der Waals surface area contributed by atoms with Crippen molar-refractivity contribution in [2.24, 2.45) is 0 Å². The average molecular weight is 299 g/mol. The number of sulfonamides is 1. The first kappa shape index (κ1) is 14.5. The molecule has 0 spiro atoms. The molecule has 4 N–H and O–H groups in total. The third kappa shape index (κ3) is 3.33. The lowest BCUT2D eigenvalue weighted by atomic mass is 10.4. The second kappa shape index (κ2) is 6.01. The largest absolute Gasteiger partial charge is 0.381 e. The van der Waals surface area contributed by atoms with E-state index in [1.807, 2.05) is 6.92 Å². The molecule has 10 heteroatoms. The number of aryl methyl sites for hydroxylation is 1. The predicted octanol–water partition coefficient (Wildman–Crippen LogP) is -0.486. The molecule has 0 saturated heterocycles. The van der Waals surface area contributed by atoms with E-state index in [1.54, 1.807) is 0 Å². The third-order valence-corrected chi connectivity index (χ3v) is 4.09. The molecule has 0 aliphatic carbocycles. The van der Waals surface area contributed by atoms with Gasteiger partial charge in [-0.3, -0.25) is 9.78 Å². The predicted molar refractivity (Wildman–Crippen MR) is 72.2 cm³/mol. The summed E-state index contributed by atoms with van der Waals surface area (Å²) < 4.78 is 28.2. The van der Waals surface area contributed by atoms with Crippen molar-refractivity contribution < 1.29 is 8.42 Å². The highest BCUT2D eigenvalue weighted by Crippen LogP contribution is 2.16. The molecule has 9 nitrogen and oxygen atoms in total. The molecule has 0 aliphatic rings. The number of anilines is 1. The van der Waals surface area contributed by atoms with Crippen LogP contribution in [0.4, 0.5) is 5.82 Å². The first-order valence-electron chi connectivity index (χ1n) is 6.19. The Morgan fingerprint density at radius 3 is 2.95 bits per heavy atom. The summed E-state index contributed by atoms with van der Waals surface area (Å²) in [5.74, 6) is 0.618. The van der Waals surface area contributed by atoms with Gasteiger partial charge in [-0.15, -0.1) is 0 Å². The van der Waals surface area contributed by atoms with Crippen molar-refractivity contribution in [3.05, 3.63) is 18.3 Å². The second-order valence-corrected chi connectivity index (χ2v) is 5.96. The molecule has 0 fully saturated rings. The lowest BCUT2D eigenvalue weighted by Crippen LogP contribution is -2.26. The summed E-state index contributed by atoms with van der Waals surface area (Å²) in [6, 6.07) is 0. The van der Waals surface area contributed by atoms with Crippen LogP contribution in [0, 0.1) is 0 Å². The van der Waals surface area contributed by atoms with Gasteiger partial charge in [0.2, 0.25) is 10.0 Å². The molecule has 0 unspecified atom stereocenters. The van der Waals surface area contributed by atoms with Crippen LogP contribution >= 0.6 is 0 Å². The summed E-state index contributed by atoms with van der Waals surface area (Å²) in [6.45, 7) is 2.80.